The molecule has 0 spiro atoms. The van der Waals surface area contributed by atoms with Crippen LogP contribution in [0.25, 0.3) is 11.4 Å². The average Bonchev–Trinajstić information content (AvgIpc) is 3.15. The topological polar surface area (TPSA) is 85.5 Å². The van der Waals surface area contributed by atoms with Gasteiger partial charge in [-0.15, -0.1) is 0 Å². The van der Waals surface area contributed by atoms with Crippen molar-refractivity contribution in [2.24, 2.45) is 0 Å². The highest BCUT2D eigenvalue weighted by molar-refractivity contribution is 5.94. The minimum atomic E-state index is -0.409. The van der Waals surface area contributed by atoms with Gasteiger partial charge in [0.25, 0.3) is 5.91 Å². The molecular weight excluding hydrogens is 358 g/mol. The van der Waals surface area contributed by atoms with Crippen molar-refractivity contribution in [2.45, 2.75) is 33.4 Å². The number of esters is 1. The van der Waals surface area contributed by atoms with E-state index in [0.29, 0.717) is 23.0 Å². The lowest BCUT2D eigenvalue weighted by molar-refractivity contribution is -0.131. The summed E-state index contributed by atoms with van der Waals surface area (Å²) in [5.41, 5.74) is 1.33. The van der Waals surface area contributed by atoms with Gasteiger partial charge in [-0.3, -0.25) is 9.59 Å². The molecule has 7 heteroatoms. The molecule has 3 rings (SSSR count). The van der Waals surface area contributed by atoms with Gasteiger partial charge in [0.1, 0.15) is 12.3 Å². The monoisotopic (exact) mass is 379 g/mol. The van der Waals surface area contributed by atoms with Gasteiger partial charge in [-0.05, 0) is 38.1 Å². The maximum absolute atomic E-state index is 12.9. The molecule has 0 saturated heterocycles. The lowest BCUT2D eigenvalue weighted by Crippen LogP contribution is -2.36. The van der Waals surface area contributed by atoms with E-state index in [9.17, 15) is 9.59 Å². The minimum absolute atomic E-state index is 0.0762. The van der Waals surface area contributed by atoms with Crippen LogP contribution in [0.3, 0.4) is 0 Å². The number of carbonyl (C=O) groups is 2. The van der Waals surface area contributed by atoms with Crippen molar-refractivity contribution < 1.29 is 18.8 Å². The SMILES string of the molecule is CC(=O)Oc1ccc(C(=O)N(Cc2nc(-c3ccccc3)no2)C(C)C)cc1. The van der Waals surface area contributed by atoms with E-state index in [0.717, 1.165) is 5.56 Å². The third kappa shape index (κ3) is 4.62. The van der Waals surface area contributed by atoms with Crippen LogP contribution < -0.4 is 4.74 Å². The Kier molecular flexibility index (Phi) is 5.84. The molecule has 7 nitrogen and oxygen atoms in total. The van der Waals surface area contributed by atoms with Crippen molar-refractivity contribution in [2.75, 3.05) is 0 Å². The largest absolute Gasteiger partial charge is 0.427 e. The second-order valence-corrected chi connectivity index (χ2v) is 6.52. The lowest BCUT2D eigenvalue weighted by atomic mass is 10.1. The fourth-order valence-corrected chi connectivity index (χ4v) is 2.66. The smallest absolute Gasteiger partial charge is 0.308 e. The van der Waals surface area contributed by atoms with Crippen LogP contribution >= 0.6 is 0 Å². The quantitative estimate of drug-likeness (QED) is 0.479. The first kappa shape index (κ1) is 19.3. The van der Waals surface area contributed by atoms with Crippen LogP contribution in [0.15, 0.2) is 59.1 Å². The normalized spacial score (nSPS) is 10.7. The van der Waals surface area contributed by atoms with Gasteiger partial charge in [0, 0.05) is 24.1 Å². The summed E-state index contributed by atoms with van der Waals surface area (Å²) in [5.74, 6) is 0.650. The lowest BCUT2D eigenvalue weighted by Gasteiger charge is -2.25. The van der Waals surface area contributed by atoms with Gasteiger partial charge < -0.3 is 14.2 Å². The first-order valence-corrected chi connectivity index (χ1v) is 8.91. The Hall–Kier alpha value is -3.48. The maximum atomic E-state index is 12.9. The zero-order valence-corrected chi connectivity index (χ0v) is 16.0. The van der Waals surface area contributed by atoms with E-state index in [4.69, 9.17) is 9.26 Å². The molecular formula is C21H21N3O4. The summed E-state index contributed by atoms with van der Waals surface area (Å²) in [7, 11) is 0. The summed E-state index contributed by atoms with van der Waals surface area (Å²) in [6.45, 7) is 5.36. The zero-order valence-electron chi connectivity index (χ0n) is 16.0. The van der Waals surface area contributed by atoms with Crippen LogP contribution in [0.5, 0.6) is 5.75 Å². The fraction of sp³-hybridized carbons (Fsp3) is 0.238. The van der Waals surface area contributed by atoms with Crippen molar-refractivity contribution in [3.63, 3.8) is 0 Å². The Morgan fingerprint density at radius 2 is 1.75 bits per heavy atom. The predicted molar refractivity (Wildman–Crippen MR) is 102 cm³/mol. The van der Waals surface area contributed by atoms with Crippen LogP contribution in [-0.2, 0) is 11.3 Å². The van der Waals surface area contributed by atoms with E-state index in [2.05, 4.69) is 10.1 Å². The van der Waals surface area contributed by atoms with Crippen molar-refractivity contribution in [1.29, 1.82) is 0 Å². The van der Waals surface area contributed by atoms with Crippen LogP contribution in [0.4, 0.5) is 0 Å². The van der Waals surface area contributed by atoms with E-state index in [1.807, 2.05) is 44.2 Å². The minimum Gasteiger partial charge on any atom is -0.427 e. The van der Waals surface area contributed by atoms with Gasteiger partial charge in [-0.1, -0.05) is 35.5 Å². The standard InChI is InChI=1S/C21H21N3O4/c1-14(2)24(21(26)17-9-11-18(12-10-17)27-15(3)25)13-19-22-20(23-28-19)16-7-5-4-6-8-16/h4-12,14H,13H2,1-3H3. The molecule has 3 aromatic rings. The molecule has 0 saturated carbocycles. The van der Waals surface area contributed by atoms with Crippen molar-refractivity contribution in [3.8, 4) is 17.1 Å². The highest BCUT2D eigenvalue weighted by atomic mass is 16.5. The number of rotatable bonds is 6. The molecule has 0 aliphatic heterocycles. The first-order valence-electron chi connectivity index (χ1n) is 8.91. The van der Waals surface area contributed by atoms with E-state index < -0.39 is 5.97 Å². The number of hydrogen-bond acceptors (Lipinski definition) is 6. The Balaban J connectivity index is 1.75. The number of hydrogen-bond donors (Lipinski definition) is 0. The molecule has 28 heavy (non-hydrogen) atoms. The molecule has 0 unspecified atom stereocenters. The van der Waals surface area contributed by atoms with Crippen LogP contribution in [0.2, 0.25) is 0 Å². The molecule has 2 aromatic carbocycles. The molecule has 144 valence electrons. The van der Waals surface area contributed by atoms with Gasteiger partial charge in [-0.25, -0.2) is 0 Å². The molecule has 0 fully saturated rings. The molecule has 0 aliphatic rings. The zero-order chi connectivity index (χ0) is 20.1. The van der Waals surface area contributed by atoms with Gasteiger partial charge in [0.05, 0.1) is 0 Å². The van der Waals surface area contributed by atoms with Gasteiger partial charge >= 0.3 is 5.97 Å². The second-order valence-electron chi connectivity index (χ2n) is 6.52. The molecule has 0 bridgehead atoms. The molecule has 0 N–H and O–H groups in total. The summed E-state index contributed by atoms with van der Waals surface area (Å²) < 4.78 is 10.3. The van der Waals surface area contributed by atoms with E-state index >= 15 is 0 Å². The number of amides is 1. The predicted octanol–water partition coefficient (Wildman–Crippen LogP) is 3.71. The third-order valence-electron chi connectivity index (χ3n) is 4.05. The molecule has 0 aliphatic carbocycles. The molecule has 0 atom stereocenters. The van der Waals surface area contributed by atoms with Crippen LogP contribution in [-0.4, -0.2) is 33.0 Å². The molecule has 1 aromatic heterocycles. The Labute approximate surface area is 162 Å². The summed E-state index contributed by atoms with van der Waals surface area (Å²) in [6.07, 6.45) is 0. The molecule has 1 amide bonds. The Morgan fingerprint density at radius 3 is 2.36 bits per heavy atom. The Bertz CT molecular complexity index is 949. The molecule has 1 heterocycles. The van der Waals surface area contributed by atoms with Gasteiger partial charge in [-0.2, -0.15) is 4.98 Å². The number of ether oxygens (including phenoxy) is 1. The summed E-state index contributed by atoms with van der Waals surface area (Å²) in [5, 5.41) is 4.00. The van der Waals surface area contributed by atoms with E-state index in [1.54, 1.807) is 29.2 Å². The number of nitrogens with zero attached hydrogens (tertiary/aromatic N) is 3. The van der Waals surface area contributed by atoms with E-state index in [1.165, 1.54) is 6.92 Å². The van der Waals surface area contributed by atoms with E-state index in [-0.39, 0.29) is 18.5 Å². The molecule has 0 radical (unpaired) electrons. The summed E-state index contributed by atoms with van der Waals surface area (Å²) in [4.78, 5) is 30.0. The number of benzene rings is 2. The second kappa shape index (κ2) is 8.47. The highest BCUT2D eigenvalue weighted by Gasteiger charge is 2.22. The van der Waals surface area contributed by atoms with Crippen molar-refractivity contribution in [1.82, 2.24) is 15.0 Å². The van der Waals surface area contributed by atoms with Gasteiger partial charge in [0.2, 0.25) is 11.7 Å². The average molecular weight is 379 g/mol. The van der Waals surface area contributed by atoms with Crippen molar-refractivity contribution >= 4 is 11.9 Å². The van der Waals surface area contributed by atoms with Crippen LogP contribution in [0.1, 0.15) is 37.0 Å². The number of carbonyl (C=O) groups excluding carboxylic acids is 2. The third-order valence-corrected chi connectivity index (χ3v) is 4.05. The first-order chi connectivity index (χ1) is 13.4. The highest BCUT2D eigenvalue weighted by Crippen LogP contribution is 2.19. The van der Waals surface area contributed by atoms with Gasteiger partial charge in [0.15, 0.2) is 0 Å². The Morgan fingerprint density at radius 1 is 1.07 bits per heavy atom. The van der Waals surface area contributed by atoms with Crippen LogP contribution in [0, 0.1) is 0 Å². The number of aromatic nitrogens is 2. The summed E-state index contributed by atoms with van der Waals surface area (Å²) >= 11 is 0. The van der Waals surface area contributed by atoms with Crippen molar-refractivity contribution in [3.05, 3.63) is 66.1 Å². The maximum Gasteiger partial charge on any atom is 0.308 e. The fourth-order valence-electron chi connectivity index (χ4n) is 2.66. The summed E-state index contributed by atoms with van der Waals surface area (Å²) in [6, 6.07) is 15.8.